The molecule has 10 nitrogen and oxygen atoms in total. The number of alkyl halides is 3. The minimum atomic E-state index is -4.64. The number of piperazine rings is 1. The Bertz CT molecular complexity index is 1400. The molecule has 3 heterocycles. The Morgan fingerprint density at radius 2 is 1.85 bits per heavy atom. The molecule has 0 unspecified atom stereocenters. The zero-order chi connectivity index (χ0) is 28.7. The standard InChI is InChI=1S/C26H30F3N5O5/c1-14-13-33(10-11-34(14)24(36)39-25(2,3)4)23(35)21-18(12-30)38-22(32-21)16-6-8-17(37-5)20-15(16)7-9-19(31-20)26(27,28)29/h6-9,14H,10-13,30H2,1-5H3/t14-/m1/s1. The summed E-state index contributed by atoms with van der Waals surface area (Å²) in [6, 6.07) is 4.82. The molecular formula is C26H30F3N5O5. The molecule has 1 aliphatic heterocycles. The van der Waals surface area contributed by atoms with E-state index in [1.807, 2.05) is 6.92 Å². The van der Waals surface area contributed by atoms with Gasteiger partial charge < -0.3 is 29.4 Å². The number of carbonyl (C=O) groups excluding carboxylic acids is 2. The summed E-state index contributed by atoms with van der Waals surface area (Å²) in [4.78, 5) is 37.3. The molecule has 0 saturated carbocycles. The second-order valence-electron chi connectivity index (χ2n) is 10.2. The first-order valence-electron chi connectivity index (χ1n) is 12.3. The Hall–Kier alpha value is -3.87. The molecule has 1 fully saturated rings. The highest BCUT2D eigenvalue weighted by Gasteiger charge is 2.35. The van der Waals surface area contributed by atoms with E-state index in [4.69, 9.17) is 19.6 Å². The van der Waals surface area contributed by atoms with Crippen LogP contribution in [0.15, 0.2) is 28.7 Å². The maximum absolute atomic E-state index is 13.4. The topological polar surface area (TPSA) is 124 Å². The summed E-state index contributed by atoms with van der Waals surface area (Å²) in [5, 5.41) is 0.297. The summed E-state index contributed by atoms with van der Waals surface area (Å²) >= 11 is 0. The first kappa shape index (κ1) is 28.1. The zero-order valence-electron chi connectivity index (χ0n) is 22.3. The van der Waals surface area contributed by atoms with Crippen LogP contribution in [-0.4, -0.2) is 70.2 Å². The first-order valence-corrected chi connectivity index (χ1v) is 12.3. The van der Waals surface area contributed by atoms with E-state index in [9.17, 15) is 22.8 Å². The number of oxazole rings is 1. The van der Waals surface area contributed by atoms with Crippen LogP contribution in [-0.2, 0) is 17.5 Å². The quantitative estimate of drug-likeness (QED) is 0.506. The summed E-state index contributed by atoms with van der Waals surface area (Å²) in [7, 11) is 1.33. The van der Waals surface area contributed by atoms with Crippen LogP contribution < -0.4 is 10.5 Å². The monoisotopic (exact) mass is 549 g/mol. The molecule has 0 bridgehead atoms. The summed E-state index contributed by atoms with van der Waals surface area (Å²) in [5.74, 6) is -0.162. The number of carbonyl (C=O) groups is 2. The van der Waals surface area contributed by atoms with Gasteiger partial charge >= 0.3 is 12.3 Å². The van der Waals surface area contributed by atoms with Gasteiger partial charge in [0.15, 0.2) is 11.5 Å². The molecule has 13 heteroatoms. The fourth-order valence-corrected chi connectivity index (χ4v) is 4.36. The number of ether oxygens (including phenoxy) is 2. The van der Waals surface area contributed by atoms with Crippen molar-refractivity contribution in [3.63, 3.8) is 0 Å². The molecule has 0 aliphatic carbocycles. The third-order valence-corrected chi connectivity index (χ3v) is 6.19. The van der Waals surface area contributed by atoms with E-state index in [1.165, 1.54) is 19.2 Å². The van der Waals surface area contributed by atoms with Gasteiger partial charge in [-0.15, -0.1) is 0 Å². The minimum absolute atomic E-state index is 0.00532. The Morgan fingerprint density at radius 1 is 1.13 bits per heavy atom. The lowest BCUT2D eigenvalue weighted by Gasteiger charge is -2.40. The van der Waals surface area contributed by atoms with Crippen molar-refractivity contribution in [2.75, 3.05) is 26.7 Å². The Balaban J connectivity index is 1.64. The van der Waals surface area contributed by atoms with Crippen molar-refractivity contribution in [1.82, 2.24) is 19.8 Å². The maximum Gasteiger partial charge on any atom is 0.433 e. The Labute approximate surface area is 222 Å². The first-order chi connectivity index (χ1) is 18.2. The molecule has 0 spiro atoms. The zero-order valence-corrected chi connectivity index (χ0v) is 22.3. The Morgan fingerprint density at radius 3 is 2.44 bits per heavy atom. The average Bonchev–Trinajstić information content (AvgIpc) is 3.29. The molecule has 2 N–H and O–H groups in total. The molecule has 4 rings (SSSR count). The molecule has 1 saturated heterocycles. The third kappa shape index (κ3) is 5.77. The molecule has 1 aliphatic rings. The maximum atomic E-state index is 13.4. The van der Waals surface area contributed by atoms with Gasteiger partial charge in [0.05, 0.1) is 13.7 Å². The van der Waals surface area contributed by atoms with Gasteiger partial charge in [0.1, 0.15) is 22.6 Å². The van der Waals surface area contributed by atoms with Crippen LogP contribution in [0.25, 0.3) is 22.4 Å². The second kappa shape index (κ2) is 10.4. The van der Waals surface area contributed by atoms with Crippen molar-refractivity contribution in [1.29, 1.82) is 0 Å². The number of hydrogen-bond acceptors (Lipinski definition) is 8. The van der Waals surface area contributed by atoms with Crippen molar-refractivity contribution in [3.05, 3.63) is 41.4 Å². The highest BCUT2D eigenvalue weighted by Crippen LogP contribution is 2.37. The van der Waals surface area contributed by atoms with Crippen LogP contribution in [0.5, 0.6) is 5.75 Å². The fraction of sp³-hybridized carbons (Fsp3) is 0.462. The van der Waals surface area contributed by atoms with Crippen LogP contribution >= 0.6 is 0 Å². The number of aromatic nitrogens is 2. The molecule has 2 aromatic heterocycles. The van der Waals surface area contributed by atoms with Crippen LogP contribution in [0.4, 0.5) is 18.0 Å². The van der Waals surface area contributed by atoms with Crippen molar-refractivity contribution >= 4 is 22.9 Å². The highest BCUT2D eigenvalue weighted by atomic mass is 19.4. The summed E-state index contributed by atoms with van der Waals surface area (Å²) in [6.45, 7) is 7.76. The van der Waals surface area contributed by atoms with Gasteiger partial charge in [0.25, 0.3) is 5.91 Å². The molecule has 210 valence electrons. The fourth-order valence-electron chi connectivity index (χ4n) is 4.36. The smallest absolute Gasteiger partial charge is 0.433 e. The number of nitrogens with two attached hydrogens (primary N) is 1. The normalized spacial score (nSPS) is 16.5. The van der Waals surface area contributed by atoms with E-state index in [1.54, 1.807) is 36.6 Å². The molecule has 2 amide bonds. The van der Waals surface area contributed by atoms with Gasteiger partial charge in [-0.3, -0.25) is 4.79 Å². The number of halogens is 3. The van der Waals surface area contributed by atoms with Gasteiger partial charge in [-0.1, -0.05) is 0 Å². The van der Waals surface area contributed by atoms with Crippen molar-refractivity contribution in [2.24, 2.45) is 5.73 Å². The van der Waals surface area contributed by atoms with Crippen LogP contribution in [0.3, 0.4) is 0 Å². The van der Waals surface area contributed by atoms with Gasteiger partial charge in [0, 0.05) is 36.6 Å². The van der Waals surface area contributed by atoms with E-state index in [0.717, 1.165) is 6.07 Å². The molecule has 0 radical (unpaired) electrons. The van der Waals surface area contributed by atoms with Gasteiger partial charge in [0.2, 0.25) is 5.89 Å². The number of nitrogens with zero attached hydrogens (tertiary/aromatic N) is 4. The summed E-state index contributed by atoms with van der Waals surface area (Å²) in [5.41, 5.74) is 4.42. The second-order valence-corrected chi connectivity index (χ2v) is 10.2. The summed E-state index contributed by atoms with van der Waals surface area (Å²) < 4.78 is 56.4. The van der Waals surface area contributed by atoms with E-state index >= 15 is 0 Å². The number of benzene rings is 1. The van der Waals surface area contributed by atoms with Crippen LogP contribution in [0.2, 0.25) is 0 Å². The average molecular weight is 550 g/mol. The van der Waals surface area contributed by atoms with E-state index in [0.29, 0.717) is 10.9 Å². The molecular weight excluding hydrogens is 519 g/mol. The van der Waals surface area contributed by atoms with E-state index in [2.05, 4.69) is 9.97 Å². The number of hydrogen-bond donors (Lipinski definition) is 1. The number of fused-ring (bicyclic) bond motifs is 1. The Kier molecular flexibility index (Phi) is 7.48. The van der Waals surface area contributed by atoms with Gasteiger partial charge in [-0.05, 0) is 52.0 Å². The highest BCUT2D eigenvalue weighted by molar-refractivity contribution is 5.98. The predicted molar refractivity (Wildman–Crippen MR) is 135 cm³/mol. The lowest BCUT2D eigenvalue weighted by Crippen LogP contribution is -2.56. The predicted octanol–water partition coefficient (Wildman–Crippen LogP) is 4.46. The lowest BCUT2D eigenvalue weighted by molar-refractivity contribution is -0.140. The summed E-state index contributed by atoms with van der Waals surface area (Å²) in [6.07, 6.45) is -5.10. The van der Waals surface area contributed by atoms with Gasteiger partial charge in [-0.25, -0.2) is 14.8 Å². The van der Waals surface area contributed by atoms with Crippen molar-refractivity contribution in [3.8, 4) is 17.2 Å². The SMILES string of the molecule is COc1ccc(-c2nc(C(=O)N3CCN(C(=O)OC(C)(C)C)[C@H](C)C3)c(CN)o2)c2ccc(C(F)(F)F)nc12. The number of rotatable bonds is 4. The van der Waals surface area contributed by atoms with Crippen molar-refractivity contribution in [2.45, 2.75) is 52.1 Å². The van der Waals surface area contributed by atoms with Crippen molar-refractivity contribution < 1.29 is 36.7 Å². The lowest BCUT2D eigenvalue weighted by atomic mass is 10.1. The van der Waals surface area contributed by atoms with Gasteiger partial charge in [-0.2, -0.15) is 13.2 Å². The van der Waals surface area contributed by atoms with Crippen LogP contribution in [0.1, 0.15) is 49.6 Å². The molecule has 39 heavy (non-hydrogen) atoms. The minimum Gasteiger partial charge on any atom is -0.494 e. The number of pyridine rings is 1. The molecule has 1 aromatic carbocycles. The molecule has 3 aromatic rings. The largest absolute Gasteiger partial charge is 0.494 e. The number of amides is 2. The number of methoxy groups -OCH3 is 1. The van der Waals surface area contributed by atoms with E-state index < -0.39 is 29.5 Å². The third-order valence-electron chi connectivity index (χ3n) is 6.19. The molecule has 1 atom stereocenters. The van der Waals surface area contributed by atoms with Crippen LogP contribution in [0, 0.1) is 0 Å². The van der Waals surface area contributed by atoms with E-state index in [-0.39, 0.29) is 60.8 Å².